The van der Waals surface area contributed by atoms with E-state index in [-0.39, 0.29) is 30.3 Å². The second-order valence-corrected chi connectivity index (χ2v) is 7.55. The molecule has 0 aliphatic carbocycles. The number of benzene rings is 2. The zero-order valence-electron chi connectivity index (χ0n) is 17.7. The molecule has 0 bridgehead atoms. The monoisotopic (exact) mass is 446 g/mol. The molecule has 0 radical (unpaired) electrons. The maximum Gasteiger partial charge on any atom is 0.573 e. The molecule has 3 N–H and O–H groups in total. The van der Waals surface area contributed by atoms with Crippen molar-refractivity contribution in [1.29, 1.82) is 0 Å². The van der Waals surface area contributed by atoms with Crippen molar-refractivity contribution in [2.24, 2.45) is 5.92 Å². The summed E-state index contributed by atoms with van der Waals surface area (Å²) in [5, 5.41) is 16.0. The number of nitrogens with one attached hydrogen (secondary N) is 2. The minimum Gasteiger partial charge on any atom is -0.406 e. The number of ether oxygens (including phenoxy) is 1. The molecule has 0 unspecified atom stereocenters. The Balaban J connectivity index is 1.93. The quantitative estimate of drug-likeness (QED) is 0.425. The molecule has 1 heterocycles. The lowest BCUT2D eigenvalue weighted by Gasteiger charge is -2.21. The molecule has 0 saturated heterocycles. The van der Waals surface area contributed by atoms with Crippen molar-refractivity contribution < 1.29 is 23.0 Å². The fourth-order valence-corrected chi connectivity index (χ4v) is 2.98. The number of nitrogens with zero attached hydrogens (tertiary/aromatic N) is 2. The van der Waals surface area contributed by atoms with Gasteiger partial charge in [-0.1, -0.05) is 56.3 Å². The number of anilines is 2. The van der Waals surface area contributed by atoms with Crippen LogP contribution in [0, 0.1) is 5.92 Å². The molecular weight excluding hydrogens is 421 g/mol. The van der Waals surface area contributed by atoms with E-state index >= 15 is 0 Å². The highest BCUT2D eigenvalue weighted by Crippen LogP contribution is 2.29. The molecule has 0 saturated carbocycles. The SMILES string of the molecule is CC(C)[C@@H](CO)Nc1nc(NCc2ccccc2)cc(-c2cccc(OC(F)(F)F)c2)n1. The first-order chi connectivity index (χ1) is 15.2. The number of aliphatic hydroxyl groups is 1. The van der Waals surface area contributed by atoms with Crippen LogP contribution in [0.5, 0.6) is 5.75 Å². The molecule has 170 valence electrons. The van der Waals surface area contributed by atoms with Crippen molar-refractivity contribution >= 4 is 11.8 Å². The van der Waals surface area contributed by atoms with Crippen molar-refractivity contribution in [1.82, 2.24) is 9.97 Å². The number of hydrogen-bond donors (Lipinski definition) is 3. The molecule has 1 aromatic heterocycles. The van der Waals surface area contributed by atoms with Gasteiger partial charge in [0.1, 0.15) is 11.6 Å². The van der Waals surface area contributed by atoms with Crippen LogP contribution in [0.3, 0.4) is 0 Å². The highest BCUT2D eigenvalue weighted by atomic mass is 19.4. The third-order valence-electron chi connectivity index (χ3n) is 4.72. The molecule has 9 heteroatoms. The van der Waals surface area contributed by atoms with Gasteiger partial charge in [-0.2, -0.15) is 4.98 Å². The van der Waals surface area contributed by atoms with Crippen molar-refractivity contribution in [2.45, 2.75) is 32.8 Å². The average Bonchev–Trinajstić information content (AvgIpc) is 2.75. The Kier molecular flexibility index (Phi) is 7.53. The van der Waals surface area contributed by atoms with Gasteiger partial charge in [0, 0.05) is 18.2 Å². The largest absolute Gasteiger partial charge is 0.573 e. The van der Waals surface area contributed by atoms with Crippen LogP contribution < -0.4 is 15.4 Å². The lowest BCUT2D eigenvalue weighted by molar-refractivity contribution is -0.274. The fraction of sp³-hybridized carbons (Fsp3) is 0.304. The van der Waals surface area contributed by atoms with E-state index < -0.39 is 6.36 Å². The fourth-order valence-electron chi connectivity index (χ4n) is 2.98. The normalized spacial score (nSPS) is 12.5. The van der Waals surface area contributed by atoms with Crippen molar-refractivity contribution in [2.75, 3.05) is 17.2 Å². The standard InChI is InChI=1S/C23H25F3N4O2/c1-15(2)20(14-31)29-22-28-19(17-9-6-10-18(11-17)32-23(24,25)26)12-21(30-22)27-13-16-7-4-3-5-8-16/h3-12,15,20,31H,13-14H2,1-2H3,(H2,27,28,29,30)/t20-/m1/s1. The van der Waals surface area contributed by atoms with E-state index in [0.29, 0.717) is 23.6 Å². The van der Waals surface area contributed by atoms with Gasteiger partial charge >= 0.3 is 6.36 Å². The van der Waals surface area contributed by atoms with Crippen LogP contribution in [0.2, 0.25) is 0 Å². The second kappa shape index (κ2) is 10.3. The predicted octanol–water partition coefficient (Wildman–Crippen LogP) is 5.08. The van der Waals surface area contributed by atoms with E-state index in [1.54, 1.807) is 12.1 Å². The summed E-state index contributed by atoms with van der Waals surface area (Å²) < 4.78 is 41.9. The van der Waals surface area contributed by atoms with E-state index in [1.165, 1.54) is 18.2 Å². The van der Waals surface area contributed by atoms with Gasteiger partial charge in [0.25, 0.3) is 0 Å². The lowest BCUT2D eigenvalue weighted by atomic mass is 10.1. The van der Waals surface area contributed by atoms with Crippen LogP contribution in [0.15, 0.2) is 60.7 Å². The minimum atomic E-state index is -4.79. The smallest absolute Gasteiger partial charge is 0.406 e. The highest BCUT2D eigenvalue weighted by Gasteiger charge is 2.31. The van der Waals surface area contributed by atoms with Gasteiger partial charge in [-0.05, 0) is 23.6 Å². The highest BCUT2D eigenvalue weighted by molar-refractivity contribution is 5.66. The molecule has 6 nitrogen and oxygen atoms in total. The molecular formula is C23H25F3N4O2. The molecule has 3 aromatic rings. The zero-order chi connectivity index (χ0) is 23.1. The number of alkyl halides is 3. The van der Waals surface area contributed by atoms with Crippen molar-refractivity contribution in [3.63, 3.8) is 0 Å². The molecule has 1 atom stereocenters. The van der Waals surface area contributed by atoms with Crippen LogP contribution in [0.4, 0.5) is 24.9 Å². The third-order valence-corrected chi connectivity index (χ3v) is 4.72. The number of aliphatic hydroxyl groups excluding tert-OH is 1. The predicted molar refractivity (Wildman–Crippen MR) is 117 cm³/mol. The van der Waals surface area contributed by atoms with Crippen LogP contribution in [-0.4, -0.2) is 34.1 Å². The van der Waals surface area contributed by atoms with Gasteiger partial charge in [0.2, 0.25) is 5.95 Å². The minimum absolute atomic E-state index is 0.108. The first-order valence-corrected chi connectivity index (χ1v) is 10.1. The second-order valence-electron chi connectivity index (χ2n) is 7.55. The Bertz CT molecular complexity index is 1010. The Morgan fingerprint density at radius 3 is 2.41 bits per heavy atom. The van der Waals surface area contributed by atoms with E-state index in [2.05, 4.69) is 25.3 Å². The summed E-state index contributed by atoms with van der Waals surface area (Å²) in [5.41, 5.74) is 1.88. The van der Waals surface area contributed by atoms with Gasteiger partial charge in [-0.15, -0.1) is 13.2 Å². The topological polar surface area (TPSA) is 79.3 Å². The lowest BCUT2D eigenvalue weighted by Crippen LogP contribution is -2.30. The molecule has 0 amide bonds. The number of halogens is 3. The molecule has 0 spiro atoms. The maximum absolute atomic E-state index is 12.6. The Morgan fingerprint density at radius 2 is 1.75 bits per heavy atom. The van der Waals surface area contributed by atoms with E-state index in [1.807, 2.05) is 44.2 Å². The van der Waals surface area contributed by atoms with Gasteiger partial charge in [0.15, 0.2) is 0 Å². The first kappa shape index (κ1) is 23.3. The third kappa shape index (κ3) is 6.84. The van der Waals surface area contributed by atoms with Crippen LogP contribution in [-0.2, 0) is 6.54 Å². The molecule has 3 rings (SSSR count). The first-order valence-electron chi connectivity index (χ1n) is 10.1. The summed E-state index contributed by atoms with van der Waals surface area (Å²) in [6, 6.07) is 16.7. The van der Waals surface area contributed by atoms with Crippen LogP contribution in [0.1, 0.15) is 19.4 Å². The molecule has 0 fully saturated rings. The maximum atomic E-state index is 12.6. The number of aromatic nitrogens is 2. The van der Waals surface area contributed by atoms with Gasteiger partial charge in [0.05, 0.1) is 18.3 Å². The van der Waals surface area contributed by atoms with E-state index in [9.17, 15) is 18.3 Å². The van der Waals surface area contributed by atoms with E-state index in [4.69, 9.17) is 0 Å². The summed E-state index contributed by atoms with van der Waals surface area (Å²) in [4.78, 5) is 8.93. The number of hydrogen-bond acceptors (Lipinski definition) is 6. The molecule has 32 heavy (non-hydrogen) atoms. The molecule has 0 aliphatic heterocycles. The van der Waals surface area contributed by atoms with Crippen LogP contribution in [0.25, 0.3) is 11.3 Å². The summed E-state index contributed by atoms with van der Waals surface area (Å²) in [6.45, 7) is 4.28. The Hall–Kier alpha value is -3.33. The average molecular weight is 446 g/mol. The zero-order valence-corrected chi connectivity index (χ0v) is 17.7. The van der Waals surface area contributed by atoms with Gasteiger partial charge < -0.3 is 20.5 Å². The van der Waals surface area contributed by atoms with Gasteiger partial charge in [-0.3, -0.25) is 0 Å². The number of rotatable bonds is 9. The molecule has 2 aromatic carbocycles. The Labute approximate surface area is 184 Å². The molecule has 0 aliphatic rings. The Morgan fingerprint density at radius 1 is 1.00 bits per heavy atom. The summed E-state index contributed by atoms with van der Waals surface area (Å²) in [6.07, 6.45) is -4.79. The van der Waals surface area contributed by atoms with Crippen molar-refractivity contribution in [3.8, 4) is 17.0 Å². The van der Waals surface area contributed by atoms with Crippen molar-refractivity contribution in [3.05, 3.63) is 66.2 Å². The van der Waals surface area contributed by atoms with Crippen LogP contribution >= 0.6 is 0 Å². The summed E-state index contributed by atoms with van der Waals surface area (Å²) >= 11 is 0. The van der Waals surface area contributed by atoms with E-state index in [0.717, 1.165) is 5.56 Å². The summed E-state index contributed by atoms with van der Waals surface area (Å²) in [5.74, 6) is 0.519. The summed E-state index contributed by atoms with van der Waals surface area (Å²) in [7, 11) is 0. The van der Waals surface area contributed by atoms with Gasteiger partial charge in [-0.25, -0.2) is 4.98 Å².